The monoisotopic (exact) mass is 424 g/mol. The van der Waals surface area contributed by atoms with Crippen molar-refractivity contribution in [2.45, 2.75) is 60.5 Å². The summed E-state index contributed by atoms with van der Waals surface area (Å²) >= 11 is 0. The van der Waals surface area contributed by atoms with Gasteiger partial charge in [-0.15, -0.1) is 0 Å². The molecule has 1 aromatic heterocycles. The number of amides is 1. The number of nitrogens with one attached hydrogen (secondary N) is 1. The maximum atomic E-state index is 13.6. The summed E-state index contributed by atoms with van der Waals surface area (Å²) in [6.45, 7) is 0. The van der Waals surface area contributed by atoms with E-state index in [-0.39, 0.29) is 47.1 Å². The fraction of sp³-hybridized carbons (Fsp3) is 0.500. The molecule has 1 N–H and O–H groups in total. The van der Waals surface area contributed by atoms with E-state index in [0.29, 0.717) is 18.4 Å². The fourth-order valence-electron chi connectivity index (χ4n) is 3.90. The van der Waals surface area contributed by atoms with E-state index in [9.17, 15) is 22.0 Å². The predicted octanol–water partition coefficient (Wildman–Crippen LogP) is 3.81. The molecule has 2 aliphatic carbocycles. The molecule has 1 amide bonds. The third-order valence-electron chi connectivity index (χ3n) is 5.66. The maximum absolute atomic E-state index is 13.6. The van der Waals surface area contributed by atoms with Crippen LogP contribution >= 0.6 is 0 Å². The van der Waals surface area contributed by atoms with Crippen LogP contribution in [-0.4, -0.2) is 37.1 Å². The molecule has 2 saturated carbocycles. The van der Waals surface area contributed by atoms with Gasteiger partial charge in [-0.05, 0) is 55.7 Å². The summed E-state index contributed by atoms with van der Waals surface area (Å²) in [4.78, 5) is 13.1. The number of aromatic nitrogens is 1. The minimum Gasteiger partial charge on any atom is -0.363 e. The fourth-order valence-corrected chi connectivity index (χ4v) is 5.56. The normalized spacial score (nSPS) is 25.7. The second kappa shape index (κ2) is 7.85. The molecule has 1 aromatic carbocycles. The number of rotatable bonds is 7. The van der Waals surface area contributed by atoms with Crippen molar-refractivity contribution in [3.8, 4) is 0 Å². The van der Waals surface area contributed by atoms with E-state index in [2.05, 4.69) is 10.5 Å². The van der Waals surface area contributed by atoms with Gasteiger partial charge in [0.2, 0.25) is 5.91 Å². The van der Waals surface area contributed by atoms with E-state index in [4.69, 9.17) is 4.52 Å². The average Bonchev–Trinajstić information content (AvgIpc) is 3.36. The molecule has 0 aliphatic heterocycles. The van der Waals surface area contributed by atoms with Crippen molar-refractivity contribution in [2.24, 2.45) is 5.92 Å². The van der Waals surface area contributed by atoms with Crippen LogP contribution in [0.1, 0.15) is 43.6 Å². The topological polar surface area (TPSA) is 89.3 Å². The number of halogens is 2. The van der Waals surface area contributed by atoms with Gasteiger partial charge < -0.3 is 9.84 Å². The molecule has 9 heteroatoms. The van der Waals surface area contributed by atoms with E-state index >= 15 is 0 Å². The van der Waals surface area contributed by atoms with Gasteiger partial charge in [-0.1, -0.05) is 17.3 Å². The number of carbonyl (C=O) groups excluding carboxylic acids is 1. The first-order valence-electron chi connectivity index (χ1n) is 9.68. The summed E-state index contributed by atoms with van der Waals surface area (Å²) in [6.07, 6.45) is 0.0500. The molecule has 0 bridgehead atoms. The average molecular weight is 424 g/mol. The highest BCUT2D eigenvalue weighted by Crippen LogP contribution is 2.39. The van der Waals surface area contributed by atoms with Crippen molar-refractivity contribution < 1.29 is 26.5 Å². The van der Waals surface area contributed by atoms with Crippen LogP contribution < -0.4 is 5.32 Å². The molecule has 2 aromatic rings. The maximum Gasteiger partial charge on any atom is 0.233 e. The summed E-state index contributed by atoms with van der Waals surface area (Å²) in [7, 11) is -3.33. The third kappa shape index (κ3) is 4.34. The zero-order valence-electron chi connectivity index (χ0n) is 15.6. The second-order valence-electron chi connectivity index (χ2n) is 7.85. The largest absolute Gasteiger partial charge is 0.363 e. The lowest BCUT2D eigenvalue weighted by molar-refractivity contribution is -0.118. The number of nitrogens with zero attached hydrogens (tertiary/aromatic N) is 1. The quantitative estimate of drug-likeness (QED) is 0.730. The molecule has 156 valence electrons. The second-order valence-corrected chi connectivity index (χ2v) is 10.1. The van der Waals surface area contributed by atoms with Crippen LogP contribution in [0.4, 0.5) is 14.6 Å². The molecule has 6 nitrogen and oxygen atoms in total. The molecule has 0 saturated heterocycles. The van der Waals surface area contributed by atoms with Crippen molar-refractivity contribution in [2.75, 3.05) is 5.32 Å². The minimum absolute atomic E-state index is 0.0725. The number of benzene rings is 1. The first-order valence-corrected chi connectivity index (χ1v) is 11.2. The summed E-state index contributed by atoms with van der Waals surface area (Å²) in [5, 5.41) is 5.98. The molecule has 0 radical (unpaired) electrons. The molecular weight excluding hydrogens is 402 g/mol. The Morgan fingerprint density at radius 3 is 2.34 bits per heavy atom. The number of hydrogen-bond donors (Lipinski definition) is 1. The highest BCUT2D eigenvalue weighted by Gasteiger charge is 2.38. The molecule has 2 aliphatic rings. The summed E-state index contributed by atoms with van der Waals surface area (Å²) < 4.78 is 56.7. The van der Waals surface area contributed by atoms with Gasteiger partial charge in [0, 0.05) is 6.07 Å². The Bertz CT molecular complexity index is 949. The number of hydrogen-bond acceptors (Lipinski definition) is 5. The lowest BCUT2D eigenvalue weighted by Crippen LogP contribution is -2.23. The van der Waals surface area contributed by atoms with Gasteiger partial charge in [0.25, 0.3) is 0 Å². The number of alkyl halides is 2. The number of sulfone groups is 1. The highest BCUT2D eigenvalue weighted by atomic mass is 32.2. The first-order chi connectivity index (χ1) is 13.8. The number of carbonyl (C=O) groups is 1. The zero-order valence-corrected chi connectivity index (χ0v) is 16.4. The van der Waals surface area contributed by atoms with E-state index in [1.165, 1.54) is 24.5 Å². The standard InChI is InChI=1S/C20H22F2N2O4S/c21-17-10-12(11-18(17)22)9-16(20(25)23-19-7-8-28-24-19)13-1-3-14(4-2-13)29(26,27)15-5-6-15/h1-4,7-8,12,15-18H,5-6,9-11H2,(H,23,24,25)/t12-,16-,17+,18-/m1/s1. The van der Waals surface area contributed by atoms with Crippen LogP contribution in [-0.2, 0) is 14.6 Å². The number of anilines is 1. The Labute approximate surface area is 167 Å². The Morgan fingerprint density at radius 1 is 1.14 bits per heavy atom. The smallest absolute Gasteiger partial charge is 0.233 e. The Kier molecular flexibility index (Phi) is 5.42. The van der Waals surface area contributed by atoms with Gasteiger partial charge in [-0.25, -0.2) is 17.2 Å². The van der Waals surface area contributed by atoms with Gasteiger partial charge >= 0.3 is 0 Å². The van der Waals surface area contributed by atoms with Crippen LogP contribution in [0.3, 0.4) is 0 Å². The highest BCUT2D eigenvalue weighted by molar-refractivity contribution is 7.92. The van der Waals surface area contributed by atoms with E-state index < -0.39 is 28.1 Å². The van der Waals surface area contributed by atoms with E-state index in [0.717, 1.165) is 0 Å². The Balaban J connectivity index is 1.56. The summed E-state index contributed by atoms with van der Waals surface area (Å²) in [6, 6.07) is 7.72. The van der Waals surface area contributed by atoms with Crippen LogP contribution in [0.2, 0.25) is 0 Å². The molecule has 2 fully saturated rings. The van der Waals surface area contributed by atoms with Gasteiger partial charge in [-0.3, -0.25) is 4.79 Å². The third-order valence-corrected chi connectivity index (χ3v) is 7.94. The molecule has 1 heterocycles. The summed E-state index contributed by atoms with van der Waals surface area (Å²) in [5.41, 5.74) is 0.596. The summed E-state index contributed by atoms with van der Waals surface area (Å²) in [5.74, 6) is -1.10. The van der Waals surface area contributed by atoms with E-state index in [1.54, 1.807) is 12.1 Å². The van der Waals surface area contributed by atoms with Crippen LogP contribution in [0, 0.1) is 5.92 Å². The van der Waals surface area contributed by atoms with Crippen LogP contribution in [0.5, 0.6) is 0 Å². The Morgan fingerprint density at radius 2 is 1.79 bits per heavy atom. The van der Waals surface area contributed by atoms with Gasteiger partial charge in [0.15, 0.2) is 15.7 Å². The van der Waals surface area contributed by atoms with E-state index in [1.807, 2.05) is 0 Å². The molecule has 4 atom stereocenters. The van der Waals surface area contributed by atoms with Gasteiger partial charge in [-0.2, -0.15) is 0 Å². The molecule has 0 unspecified atom stereocenters. The zero-order chi connectivity index (χ0) is 20.6. The lowest BCUT2D eigenvalue weighted by Gasteiger charge is -2.20. The molecule has 0 spiro atoms. The van der Waals surface area contributed by atoms with Crippen LogP contribution in [0.15, 0.2) is 46.0 Å². The van der Waals surface area contributed by atoms with Crippen molar-refractivity contribution in [3.63, 3.8) is 0 Å². The van der Waals surface area contributed by atoms with Gasteiger partial charge in [0.05, 0.1) is 16.1 Å². The van der Waals surface area contributed by atoms with Crippen molar-refractivity contribution >= 4 is 21.6 Å². The lowest BCUT2D eigenvalue weighted by atomic mass is 9.87. The Hall–Kier alpha value is -2.29. The molecule has 4 rings (SSSR count). The minimum atomic E-state index is -3.33. The predicted molar refractivity (Wildman–Crippen MR) is 102 cm³/mol. The first kappa shape index (κ1) is 20.0. The van der Waals surface area contributed by atoms with Gasteiger partial charge in [0.1, 0.15) is 18.6 Å². The van der Waals surface area contributed by atoms with Crippen molar-refractivity contribution in [1.29, 1.82) is 0 Å². The molecule has 29 heavy (non-hydrogen) atoms. The van der Waals surface area contributed by atoms with Crippen molar-refractivity contribution in [3.05, 3.63) is 42.2 Å². The van der Waals surface area contributed by atoms with Crippen molar-refractivity contribution in [1.82, 2.24) is 5.16 Å². The van der Waals surface area contributed by atoms with Crippen LogP contribution in [0.25, 0.3) is 0 Å². The molecular formula is C20H22F2N2O4S. The SMILES string of the molecule is O=C(Nc1ccon1)[C@H](C[C@H]1C[C@@H](F)[C@@H](F)C1)c1ccc(S(=O)(=O)C2CC2)cc1.